The van der Waals surface area contributed by atoms with Gasteiger partial charge in [0.25, 0.3) is 0 Å². The fourth-order valence-corrected chi connectivity index (χ4v) is 3.84. The summed E-state index contributed by atoms with van der Waals surface area (Å²) in [6, 6.07) is 6.13. The van der Waals surface area contributed by atoms with Gasteiger partial charge in [-0.3, -0.25) is 0 Å². The third-order valence-electron chi connectivity index (χ3n) is 3.72. The second-order valence-corrected chi connectivity index (χ2v) is 6.70. The molecular weight excluding hydrogens is 304 g/mol. The van der Waals surface area contributed by atoms with E-state index in [2.05, 4.69) is 26.9 Å². The molecule has 1 aromatic heterocycles. The molecule has 0 radical (unpaired) electrons. The van der Waals surface area contributed by atoms with Crippen LogP contribution in [0.2, 0.25) is 5.02 Å². The van der Waals surface area contributed by atoms with Crippen molar-refractivity contribution in [3.05, 3.63) is 34.6 Å². The number of benzene rings is 1. The van der Waals surface area contributed by atoms with Gasteiger partial charge in [-0.15, -0.1) is 10.2 Å². The lowest BCUT2D eigenvalue weighted by atomic mass is 10.1. The van der Waals surface area contributed by atoms with Gasteiger partial charge in [0, 0.05) is 22.9 Å². The first kappa shape index (κ1) is 14.9. The molecule has 0 unspecified atom stereocenters. The van der Waals surface area contributed by atoms with Gasteiger partial charge in [-0.1, -0.05) is 24.1 Å². The maximum Gasteiger partial charge on any atom is 0.196 e. The van der Waals surface area contributed by atoms with Crippen LogP contribution in [0.5, 0.6) is 0 Å². The van der Waals surface area contributed by atoms with Crippen molar-refractivity contribution in [1.82, 2.24) is 14.8 Å². The number of fused-ring (bicyclic) bond motifs is 1. The molecule has 1 aliphatic heterocycles. The molecule has 0 fully saturated rings. The van der Waals surface area contributed by atoms with E-state index in [0.717, 1.165) is 45.8 Å². The van der Waals surface area contributed by atoms with E-state index in [0.29, 0.717) is 6.54 Å². The van der Waals surface area contributed by atoms with Crippen molar-refractivity contribution in [1.29, 1.82) is 0 Å². The average molecular weight is 323 g/mol. The Hall–Kier alpha value is -1.04. The van der Waals surface area contributed by atoms with Gasteiger partial charge in [-0.05, 0) is 55.3 Å². The lowest BCUT2D eigenvalue weighted by Gasteiger charge is -2.08. The molecule has 0 spiro atoms. The van der Waals surface area contributed by atoms with Gasteiger partial charge in [0.1, 0.15) is 5.82 Å². The van der Waals surface area contributed by atoms with Gasteiger partial charge in [-0.25, -0.2) is 0 Å². The van der Waals surface area contributed by atoms with E-state index in [1.54, 1.807) is 11.8 Å². The van der Waals surface area contributed by atoms with Crippen LogP contribution in [0.4, 0.5) is 0 Å². The highest BCUT2D eigenvalue weighted by molar-refractivity contribution is 7.99. The van der Waals surface area contributed by atoms with Crippen molar-refractivity contribution in [2.45, 2.75) is 48.7 Å². The highest BCUT2D eigenvalue weighted by Crippen LogP contribution is 2.31. The Morgan fingerprint density at radius 1 is 1.24 bits per heavy atom. The molecule has 6 heteroatoms. The van der Waals surface area contributed by atoms with Crippen molar-refractivity contribution in [2.75, 3.05) is 6.54 Å². The van der Waals surface area contributed by atoms with Gasteiger partial charge < -0.3 is 10.3 Å². The maximum absolute atomic E-state index is 6.31. The zero-order valence-corrected chi connectivity index (χ0v) is 13.5. The Balaban J connectivity index is 1.81. The molecule has 0 amide bonds. The van der Waals surface area contributed by atoms with Gasteiger partial charge >= 0.3 is 0 Å². The van der Waals surface area contributed by atoms with Gasteiger partial charge in [-0.2, -0.15) is 0 Å². The largest absolute Gasteiger partial charge is 0.330 e. The average Bonchev–Trinajstić information content (AvgIpc) is 2.71. The molecule has 0 saturated heterocycles. The first-order chi connectivity index (χ1) is 10.3. The van der Waals surface area contributed by atoms with Crippen LogP contribution in [0.25, 0.3) is 0 Å². The summed E-state index contributed by atoms with van der Waals surface area (Å²) >= 11 is 7.94. The van der Waals surface area contributed by atoms with Crippen LogP contribution in [0.1, 0.15) is 30.7 Å². The highest BCUT2D eigenvalue weighted by Gasteiger charge is 2.15. The molecule has 0 saturated carbocycles. The van der Waals surface area contributed by atoms with Crippen LogP contribution in [0.15, 0.2) is 28.3 Å². The minimum atomic E-state index is 0.615. The maximum atomic E-state index is 6.31. The molecule has 0 atom stereocenters. The van der Waals surface area contributed by atoms with Crippen molar-refractivity contribution in [2.24, 2.45) is 5.73 Å². The predicted molar refractivity (Wildman–Crippen MR) is 85.9 cm³/mol. The number of nitrogens with two attached hydrogens (primary N) is 1. The summed E-state index contributed by atoms with van der Waals surface area (Å²) in [5.74, 6) is 1.11. The predicted octanol–water partition coefficient (Wildman–Crippen LogP) is 3.31. The zero-order valence-electron chi connectivity index (χ0n) is 11.9. The molecule has 112 valence electrons. The molecule has 2 aromatic rings. The molecule has 4 nitrogen and oxygen atoms in total. The van der Waals surface area contributed by atoms with Gasteiger partial charge in [0.05, 0.1) is 0 Å². The van der Waals surface area contributed by atoms with Crippen molar-refractivity contribution in [3.63, 3.8) is 0 Å². The van der Waals surface area contributed by atoms with E-state index in [-0.39, 0.29) is 0 Å². The summed E-state index contributed by atoms with van der Waals surface area (Å²) in [6.07, 6.45) is 5.53. The van der Waals surface area contributed by atoms with Crippen molar-refractivity contribution < 1.29 is 0 Å². The van der Waals surface area contributed by atoms with Gasteiger partial charge in [0.15, 0.2) is 5.16 Å². The molecule has 0 aliphatic carbocycles. The second-order valence-electron chi connectivity index (χ2n) is 5.26. The number of aryl methyl sites for hydroxylation is 1. The van der Waals surface area contributed by atoms with Crippen molar-refractivity contribution >= 4 is 23.4 Å². The van der Waals surface area contributed by atoms with Crippen LogP contribution in [-0.2, 0) is 19.4 Å². The number of nitrogens with zero attached hydrogens (tertiary/aromatic N) is 3. The lowest BCUT2D eigenvalue weighted by Crippen LogP contribution is -2.03. The normalized spacial score (nSPS) is 14.8. The number of halogens is 1. The van der Waals surface area contributed by atoms with E-state index >= 15 is 0 Å². The highest BCUT2D eigenvalue weighted by atomic mass is 35.5. The summed E-state index contributed by atoms with van der Waals surface area (Å²) in [7, 11) is 0. The molecule has 3 rings (SSSR count). The number of aromatic nitrogens is 3. The monoisotopic (exact) mass is 322 g/mol. The van der Waals surface area contributed by atoms with E-state index < -0.39 is 0 Å². The Labute approximate surface area is 134 Å². The molecule has 21 heavy (non-hydrogen) atoms. The first-order valence-electron chi connectivity index (χ1n) is 7.36. The standard InChI is InChI=1S/C15H19ClN4S/c16-13-10-12(6-5-11(13)7-8-17)21-15-19-18-14-4-2-1-3-9-20(14)15/h5-6,10H,1-4,7-9,17H2. The second kappa shape index (κ2) is 6.81. The lowest BCUT2D eigenvalue weighted by molar-refractivity contribution is 0.591. The number of hydrogen-bond acceptors (Lipinski definition) is 4. The minimum Gasteiger partial charge on any atom is -0.330 e. The first-order valence-corrected chi connectivity index (χ1v) is 8.56. The summed E-state index contributed by atoms with van der Waals surface area (Å²) in [4.78, 5) is 1.10. The van der Waals surface area contributed by atoms with Crippen LogP contribution in [0, 0.1) is 0 Å². The SMILES string of the molecule is NCCc1ccc(Sc2nnc3n2CCCCC3)cc1Cl. The molecular formula is C15H19ClN4S. The van der Waals surface area contributed by atoms with E-state index in [1.807, 2.05) is 6.07 Å². The molecule has 2 N–H and O–H groups in total. The summed E-state index contributed by atoms with van der Waals surface area (Å²) in [5.41, 5.74) is 6.68. The summed E-state index contributed by atoms with van der Waals surface area (Å²) in [5, 5.41) is 10.4. The van der Waals surface area contributed by atoms with Crippen LogP contribution < -0.4 is 5.73 Å². The number of rotatable bonds is 4. The molecule has 2 heterocycles. The third kappa shape index (κ3) is 3.42. The van der Waals surface area contributed by atoms with Gasteiger partial charge in [0.2, 0.25) is 0 Å². The van der Waals surface area contributed by atoms with Crippen LogP contribution in [0.3, 0.4) is 0 Å². The Kier molecular flexibility index (Phi) is 4.83. The fourth-order valence-electron chi connectivity index (χ4n) is 2.59. The zero-order chi connectivity index (χ0) is 14.7. The van der Waals surface area contributed by atoms with E-state index in [4.69, 9.17) is 17.3 Å². The molecule has 0 bridgehead atoms. The van der Waals surface area contributed by atoms with Crippen LogP contribution >= 0.6 is 23.4 Å². The topological polar surface area (TPSA) is 56.7 Å². The summed E-state index contributed by atoms with van der Waals surface area (Å²) < 4.78 is 2.25. The van der Waals surface area contributed by atoms with Crippen LogP contribution in [-0.4, -0.2) is 21.3 Å². The molecule has 1 aromatic carbocycles. The summed E-state index contributed by atoms with van der Waals surface area (Å²) in [6.45, 7) is 1.63. The van der Waals surface area contributed by atoms with E-state index in [1.165, 1.54) is 19.3 Å². The minimum absolute atomic E-state index is 0.615. The fraction of sp³-hybridized carbons (Fsp3) is 0.467. The quantitative estimate of drug-likeness (QED) is 0.938. The third-order valence-corrected chi connectivity index (χ3v) is 5.05. The smallest absolute Gasteiger partial charge is 0.196 e. The Morgan fingerprint density at radius 3 is 2.95 bits per heavy atom. The molecule has 1 aliphatic rings. The van der Waals surface area contributed by atoms with Crippen molar-refractivity contribution in [3.8, 4) is 0 Å². The Bertz CT molecular complexity index is 626. The number of hydrogen-bond donors (Lipinski definition) is 1. The van der Waals surface area contributed by atoms with E-state index in [9.17, 15) is 0 Å². The Morgan fingerprint density at radius 2 is 2.14 bits per heavy atom.